The van der Waals surface area contributed by atoms with Gasteiger partial charge in [-0.15, -0.1) is 11.3 Å². The normalized spacial score (nSPS) is 13.3. The molecule has 19 heavy (non-hydrogen) atoms. The van der Waals surface area contributed by atoms with Crippen molar-refractivity contribution < 1.29 is 9.90 Å². The van der Waals surface area contributed by atoms with E-state index in [1.54, 1.807) is 17.4 Å². The van der Waals surface area contributed by atoms with Crippen LogP contribution in [0.4, 0.5) is 0 Å². The van der Waals surface area contributed by atoms with Crippen LogP contribution in [-0.4, -0.2) is 41.1 Å². The number of rotatable bonds is 8. The third kappa shape index (κ3) is 5.80. The molecule has 0 amide bonds. The summed E-state index contributed by atoms with van der Waals surface area (Å²) in [6, 6.07) is 4.65. The minimum Gasteiger partial charge on any atom is -0.478 e. The Kier molecular flexibility index (Phi) is 7.20. The van der Waals surface area contributed by atoms with E-state index in [2.05, 4.69) is 31.2 Å². The van der Waals surface area contributed by atoms with Crippen LogP contribution in [0.5, 0.6) is 0 Å². The van der Waals surface area contributed by atoms with E-state index >= 15 is 0 Å². The Hall–Kier alpha value is -0.780. The van der Waals surface area contributed by atoms with Gasteiger partial charge in [0.1, 0.15) is 0 Å². The Morgan fingerprint density at radius 1 is 1.58 bits per heavy atom. The molecule has 1 rings (SSSR count). The fraction of sp³-hybridized carbons (Fsp3) is 0.500. The van der Waals surface area contributed by atoms with Gasteiger partial charge in [0.25, 0.3) is 0 Å². The highest BCUT2D eigenvalue weighted by atomic mass is 32.2. The molecule has 3 nitrogen and oxygen atoms in total. The number of thiophene rings is 1. The van der Waals surface area contributed by atoms with E-state index in [4.69, 9.17) is 5.11 Å². The first-order valence-electron chi connectivity index (χ1n) is 6.25. The Balaban J connectivity index is 2.59. The van der Waals surface area contributed by atoms with Gasteiger partial charge in [-0.1, -0.05) is 6.92 Å². The Bertz CT molecular complexity index is 429. The molecule has 0 fully saturated rings. The van der Waals surface area contributed by atoms with Crippen LogP contribution in [0.3, 0.4) is 0 Å². The molecule has 0 aliphatic rings. The summed E-state index contributed by atoms with van der Waals surface area (Å²) < 4.78 is 0. The molecule has 1 heterocycles. The zero-order chi connectivity index (χ0) is 14.3. The molecule has 106 valence electrons. The molecule has 0 radical (unpaired) electrons. The average Bonchev–Trinajstić information content (AvgIpc) is 2.81. The van der Waals surface area contributed by atoms with Crippen LogP contribution in [0.1, 0.15) is 23.1 Å². The third-order valence-electron chi connectivity index (χ3n) is 2.93. The molecule has 1 unspecified atom stereocenters. The smallest absolute Gasteiger partial charge is 0.328 e. The first-order chi connectivity index (χ1) is 9.06. The molecular formula is C14H21NO2S2. The standard InChI is InChI=1S/C14H21NO2S2/c1-4-11(10-18-3)15(2)9-13-6-5-12(19-13)7-8-14(16)17/h5-8,11H,4,9-10H2,1-3H3,(H,16,17)/b8-7+. The molecule has 1 N–H and O–H groups in total. The highest BCUT2D eigenvalue weighted by Gasteiger charge is 2.13. The summed E-state index contributed by atoms with van der Waals surface area (Å²) in [7, 11) is 2.15. The summed E-state index contributed by atoms with van der Waals surface area (Å²) in [5, 5.41) is 8.60. The number of nitrogens with zero attached hydrogens (tertiary/aromatic N) is 1. The fourth-order valence-corrected chi connectivity index (χ4v) is 3.70. The van der Waals surface area contributed by atoms with Gasteiger partial charge in [0.15, 0.2) is 0 Å². The summed E-state index contributed by atoms with van der Waals surface area (Å²) in [6.45, 7) is 3.14. The van der Waals surface area contributed by atoms with Crippen LogP contribution >= 0.6 is 23.1 Å². The van der Waals surface area contributed by atoms with E-state index < -0.39 is 5.97 Å². The summed E-state index contributed by atoms with van der Waals surface area (Å²) >= 11 is 3.53. The van der Waals surface area contributed by atoms with E-state index in [0.717, 1.165) is 23.6 Å². The lowest BCUT2D eigenvalue weighted by Gasteiger charge is -2.25. The number of hydrogen-bond donors (Lipinski definition) is 1. The van der Waals surface area contributed by atoms with E-state index in [9.17, 15) is 4.79 Å². The van der Waals surface area contributed by atoms with Crippen molar-refractivity contribution in [2.75, 3.05) is 19.1 Å². The molecule has 1 atom stereocenters. The molecule has 5 heteroatoms. The second kappa shape index (κ2) is 8.40. The molecule has 0 saturated heterocycles. The predicted octanol–water partition coefficient (Wildman–Crippen LogP) is 3.42. The number of aliphatic carboxylic acids is 1. The molecular weight excluding hydrogens is 278 g/mol. The molecule has 0 aliphatic heterocycles. The Morgan fingerprint density at radius 3 is 2.89 bits per heavy atom. The van der Waals surface area contributed by atoms with Crippen LogP contribution in [0, 0.1) is 0 Å². The molecule has 0 spiro atoms. The Labute approximate surface area is 123 Å². The van der Waals surface area contributed by atoms with Crippen LogP contribution in [0.25, 0.3) is 6.08 Å². The number of carboxylic acid groups (broad SMARTS) is 1. The van der Waals surface area contributed by atoms with Gasteiger partial charge >= 0.3 is 5.97 Å². The van der Waals surface area contributed by atoms with Crippen molar-refractivity contribution in [3.05, 3.63) is 28.0 Å². The first kappa shape index (κ1) is 16.3. The number of thioether (sulfide) groups is 1. The van der Waals surface area contributed by atoms with Crippen molar-refractivity contribution in [1.82, 2.24) is 4.90 Å². The molecule has 0 aliphatic carbocycles. The van der Waals surface area contributed by atoms with Gasteiger partial charge in [0.2, 0.25) is 0 Å². The molecule has 1 aromatic rings. The maximum atomic E-state index is 10.5. The van der Waals surface area contributed by atoms with Crippen molar-refractivity contribution in [3.8, 4) is 0 Å². The van der Waals surface area contributed by atoms with Gasteiger partial charge in [-0.25, -0.2) is 4.79 Å². The lowest BCUT2D eigenvalue weighted by atomic mass is 10.2. The summed E-state index contributed by atoms with van der Waals surface area (Å²) in [5.41, 5.74) is 0. The zero-order valence-electron chi connectivity index (χ0n) is 11.6. The molecule has 0 aromatic carbocycles. The summed E-state index contributed by atoms with van der Waals surface area (Å²) in [5.74, 6) is 0.238. The van der Waals surface area contributed by atoms with E-state index in [1.165, 1.54) is 11.0 Å². The zero-order valence-corrected chi connectivity index (χ0v) is 13.3. The van der Waals surface area contributed by atoms with Crippen LogP contribution < -0.4 is 0 Å². The molecule has 0 saturated carbocycles. The monoisotopic (exact) mass is 299 g/mol. The fourth-order valence-electron chi connectivity index (χ4n) is 1.85. The maximum Gasteiger partial charge on any atom is 0.328 e. The minimum absolute atomic E-state index is 0.593. The average molecular weight is 299 g/mol. The molecule has 1 aromatic heterocycles. The largest absolute Gasteiger partial charge is 0.478 e. The number of hydrogen-bond acceptors (Lipinski definition) is 4. The Morgan fingerprint density at radius 2 is 2.32 bits per heavy atom. The summed E-state index contributed by atoms with van der Waals surface area (Å²) in [6.07, 6.45) is 6.11. The molecule has 0 bridgehead atoms. The maximum absolute atomic E-state index is 10.5. The van der Waals surface area contributed by atoms with Crippen LogP contribution in [-0.2, 0) is 11.3 Å². The second-order valence-electron chi connectivity index (χ2n) is 4.41. The number of carboxylic acids is 1. The summed E-state index contributed by atoms with van der Waals surface area (Å²) in [4.78, 5) is 15.1. The van der Waals surface area contributed by atoms with Crippen molar-refractivity contribution in [3.63, 3.8) is 0 Å². The van der Waals surface area contributed by atoms with Gasteiger partial charge in [-0.05, 0) is 37.9 Å². The van der Waals surface area contributed by atoms with Crippen molar-refractivity contribution in [1.29, 1.82) is 0 Å². The van der Waals surface area contributed by atoms with Crippen molar-refractivity contribution in [2.24, 2.45) is 0 Å². The number of carbonyl (C=O) groups is 1. The highest BCUT2D eigenvalue weighted by molar-refractivity contribution is 7.98. The van der Waals surface area contributed by atoms with E-state index in [-0.39, 0.29) is 0 Å². The van der Waals surface area contributed by atoms with Crippen molar-refractivity contribution >= 4 is 35.1 Å². The van der Waals surface area contributed by atoms with Gasteiger partial charge in [0, 0.05) is 34.2 Å². The predicted molar refractivity (Wildman–Crippen MR) is 84.9 cm³/mol. The quantitative estimate of drug-likeness (QED) is 0.747. The van der Waals surface area contributed by atoms with Crippen LogP contribution in [0.15, 0.2) is 18.2 Å². The highest BCUT2D eigenvalue weighted by Crippen LogP contribution is 2.21. The lowest BCUT2D eigenvalue weighted by molar-refractivity contribution is -0.131. The van der Waals surface area contributed by atoms with Gasteiger partial charge in [0.05, 0.1) is 0 Å². The van der Waals surface area contributed by atoms with Gasteiger partial charge in [-0.3, -0.25) is 4.90 Å². The van der Waals surface area contributed by atoms with Gasteiger partial charge in [-0.2, -0.15) is 11.8 Å². The van der Waals surface area contributed by atoms with Crippen molar-refractivity contribution in [2.45, 2.75) is 25.9 Å². The van der Waals surface area contributed by atoms with Gasteiger partial charge < -0.3 is 5.11 Å². The topological polar surface area (TPSA) is 40.5 Å². The van der Waals surface area contributed by atoms with E-state index in [0.29, 0.717) is 6.04 Å². The van der Waals surface area contributed by atoms with Crippen LogP contribution in [0.2, 0.25) is 0 Å². The SMILES string of the molecule is CCC(CSC)N(C)Cc1ccc(/C=C/C(=O)O)s1. The first-order valence-corrected chi connectivity index (χ1v) is 8.46. The minimum atomic E-state index is -0.905. The lowest BCUT2D eigenvalue weighted by Crippen LogP contribution is -2.32. The second-order valence-corrected chi connectivity index (χ2v) is 6.52. The third-order valence-corrected chi connectivity index (χ3v) is 4.68. The van der Waals surface area contributed by atoms with E-state index in [1.807, 2.05) is 17.8 Å².